The molecule has 0 spiro atoms. The molecule has 0 atom stereocenters. The zero-order chi connectivity index (χ0) is 51.9. The van der Waals surface area contributed by atoms with E-state index in [-0.39, 0.29) is 16.3 Å². The fraction of sp³-hybridized carbons (Fsp3) is 0.0492. The summed E-state index contributed by atoms with van der Waals surface area (Å²) >= 11 is 0. The molecule has 0 bridgehead atoms. The van der Waals surface area contributed by atoms with Gasteiger partial charge in [0.15, 0.2) is 0 Å². The van der Waals surface area contributed by atoms with Crippen molar-refractivity contribution < 1.29 is 34.9 Å². The summed E-state index contributed by atoms with van der Waals surface area (Å²) in [6.07, 6.45) is 0. The summed E-state index contributed by atoms with van der Waals surface area (Å²) in [6.45, 7) is 3.78. The highest BCUT2D eigenvalue weighted by Gasteiger charge is 2.39. The Bertz CT molecular complexity index is 3870. The molecule has 0 saturated carbocycles. The van der Waals surface area contributed by atoms with E-state index in [1.165, 1.54) is 4.08 Å². The van der Waals surface area contributed by atoms with Crippen LogP contribution in [0.3, 0.4) is 0 Å². The van der Waals surface area contributed by atoms with Crippen molar-refractivity contribution >= 4 is 84.4 Å². The van der Waals surface area contributed by atoms with Gasteiger partial charge >= 0.3 is 16.1 Å². The molecule has 0 fully saturated rings. The number of nitrogens with two attached hydrogens (primary N) is 1. The number of fused-ring (bicyclic) bond motifs is 4. The molecule has 11 rings (SSSR count). The molecule has 0 aliphatic rings. The van der Waals surface area contributed by atoms with Gasteiger partial charge in [-0.3, -0.25) is 0 Å². The first-order valence-corrected chi connectivity index (χ1v) is 29.7. The molecule has 0 radical (unpaired) electrons. The predicted octanol–water partition coefficient (Wildman–Crippen LogP) is 15.9. The largest absolute Gasteiger partial charge is 0.427 e. The second kappa shape index (κ2) is 22.3. The van der Waals surface area contributed by atoms with Gasteiger partial charge in [0.1, 0.15) is 23.0 Å². The topological polar surface area (TPSA) is 134 Å². The molecule has 0 aliphatic carbocycles. The third-order valence-corrected chi connectivity index (χ3v) is 20.4. The minimum absolute atomic E-state index is 0.0515. The lowest BCUT2D eigenvalue weighted by Gasteiger charge is -2.30. The number of aryl methyl sites for hydroxylation is 2. The van der Waals surface area contributed by atoms with E-state index < -0.39 is 35.6 Å². The number of nitrogens with zero attached hydrogens (tertiary/aromatic N) is 1. The van der Waals surface area contributed by atoms with Crippen LogP contribution in [0.2, 0.25) is 0 Å². The minimum Gasteiger partial charge on any atom is -0.427 e. The molecule has 0 aromatic heterocycles. The van der Waals surface area contributed by atoms with Gasteiger partial charge in [0, 0.05) is 27.2 Å². The maximum atomic E-state index is 14.4. The molecule has 0 saturated heterocycles. The van der Waals surface area contributed by atoms with Gasteiger partial charge in [0.25, 0.3) is 19.5 Å². The van der Waals surface area contributed by atoms with Crippen LogP contribution in [-0.4, -0.2) is 20.9 Å². The molecule has 11 aromatic rings. The summed E-state index contributed by atoms with van der Waals surface area (Å²) in [6, 6.07) is 74.4. The number of para-hydroxylation sites is 1. The summed E-state index contributed by atoms with van der Waals surface area (Å²) in [5.41, 5.74) is 9.38. The Balaban J connectivity index is 0.000000176. The van der Waals surface area contributed by atoms with Crippen molar-refractivity contribution in [1.82, 2.24) is 4.08 Å². The summed E-state index contributed by atoms with van der Waals surface area (Å²) in [7, 11) is -12.8. The Morgan fingerprint density at radius 3 is 1.12 bits per heavy atom. The molecule has 0 heterocycles. The monoisotopic (exact) mass is 1060 g/mol. The average molecular weight is 1070 g/mol. The van der Waals surface area contributed by atoms with Crippen molar-refractivity contribution in [3.8, 4) is 23.0 Å². The normalized spacial score (nSPS) is 11.7. The highest BCUT2D eigenvalue weighted by atomic mass is 32.8. The zero-order valence-electron chi connectivity index (χ0n) is 40.8. The Morgan fingerprint density at radius 2 is 0.720 bits per heavy atom. The quantitative estimate of drug-likeness (QED) is 0.0786. The van der Waals surface area contributed by atoms with Crippen LogP contribution >= 0.6 is 16.1 Å². The fourth-order valence-corrected chi connectivity index (χ4v) is 15.2. The standard InChI is InChI=1S/C34H29N2O4PS.C27H21O4PS/c1-25-20-22-29(23-21-25)42(37,38)36(24-28-12-4-7-17-32(28)35)41(39-33-18-8-13-26-10-2-5-15-30(26)33)40-34-19-9-14-27-11-3-6-16-31(27)34;1-20-16-18-23(19-17-20)33(28,29)32(30-26-14-6-10-21-8-2-4-12-24(21)26)31-27-15-7-11-22-9-3-5-13-25(22)27/h2-23H,24,35H2,1H3;2-19H,1H3. The van der Waals surface area contributed by atoms with Gasteiger partial charge in [-0.05, 0) is 95.6 Å². The molecule has 75 heavy (non-hydrogen) atoms. The van der Waals surface area contributed by atoms with Gasteiger partial charge in [-0.1, -0.05) is 199 Å². The summed E-state index contributed by atoms with van der Waals surface area (Å²) in [5.74, 6) is 1.97. The van der Waals surface area contributed by atoms with E-state index in [1.807, 2.05) is 190 Å². The van der Waals surface area contributed by atoms with Gasteiger partial charge in [-0.2, -0.15) is 0 Å². The molecule has 2 N–H and O–H groups in total. The van der Waals surface area contributed by atoms with Crippen molar-refractivity contribution in [2.75, 3.05) is 5.73 Å². The van der Waals surface area contributed by atoms with E-state index in [0.29, 0.717) is 34.2 Å². The Labute approximate surface area is 439 Å². The summed E-state index contributed by atoms with van der Waals surface area (Å²) in [4.78, 5) is 0.304. The SMILES string of the molecule is Cc1ccc(S(=O)(=O)N(Cc2ccccc2N)P(Oc2cccc3ccccc23)Oc2cccc3ccccc23)cc1.Cc1ccc(S(=O)(=O)P(Oc2cccc3ccccc23)Oc2cccc3ccccc23)cc1. The van der Waals surface area contributed by atoms with Crippen LogP contribution in [0.4, 0.5) is 5.69 Å². The molecule has 10 nitrogen and oxygen atoms in total. The minimum atomic E-state index is -4.12. The van der Waals surface area contributed by atoms with Crippen molar-refractivity contribution in [1.29, 1.82) is 0 Å². The summed E-state index contributed by atoms with van der Waals surface area (Å²) < 4.78 is 83.2. The first-order chi connectivity index (χ1) is 36.4. The second-order valence-corrected chi connectivity index (χ2v) is 25.5. The highest BCUT2D eigenvalue weighted by molar-refractivity contribution is 8.47. The van der Waals surface area contributed by atoms with Crippen LogP contribution in [0.15, 0.2) is 252 Å². The molecule has 0 aliphatic heterocycles. The Morgan fingerprint density at radius 1 is 0.387 bits per heavy atom. The van der Waals surface area contributed by atoms with Crippen LogP contribution in [0.25, 0.3) is 43.1 Å². The van der Waals surface area contributed by atoms with E-state index >= 15 is 0 Å². The molecule has 11 aromatic carbocycles. The second-order valence-electron chi connectivity index (χ2n) is 17.5. The van der Waals surface area contributed by atoms with E-state index in [9.17, 15) is 16.8 Å². The lowest BCUT2D eigenvalue weighted by atomic mass is 10.1. The molecule has 0 unspecified atom stereocenters. The zero-order valence-corrected chi connectivity index (χ0v) is 44.2. The number of hydrogen-bond donors (Lipinski definition) is 1. The lowest BCUT2D eigenvalue weighted by Crippen LogP contribution is -2.30. The van der Waals surface area contributed by atoms with Crippen molar-refractivity contribution in [3.05, 3.63) is 259 Å². The first kappa shape index (κ1) is 50.7. The van der Waals surface area contributed by atoms with Gasteiger partial charge in [0.05, 0.1) is 16.3 Å². The average Bonchev–Trinajstić information content (AvgIpc) is 3.43. The number of rotatable bonds is 15. The van der Waals surface area contributed by atoms with Crippen LogP contribution < -0.4 is 23.8 Å². The van der Waals surface area contributed by atoms with Gasteiger partial charge in [-0.25, -0.2) is 16.8 Å². The number of hydrogen-bond acceptors (Lipinski definition) is 9. The van der Waals surface area contributed by atoms with Crippen molar-refractivity contribution in [2.24, 2.45) is 0 Å². The van der Waals surface area contributed by atoms with Crippen LogP contribution in [-0.2, 0) is 26.0 Å². The number of nitrogen functional groups attached to an aromatic ring is 1. The highest BCUT2D eigenvalue weighted by Crippen LogP contribution is 2.53. The maximum absolute atomic E-state index is 14.4. The molecular formula is C61H50N2O8P2S2. The molecular weight excluding hydrogens is 1010 g/mol. The van der Waals surface area contributed by atoms with Crippen LogP contribution in [0.5, 0.6) is 23.0 Å². The fourth-order valence-electron chi connectivity index (χ4n) is 8.34. The predicted molar refractivity (Wildman–Crippen MR) is 305 cm³/mol. The Hall–Kier alpha value is -7.82. The van der Waals surface area contributed by atoms with Crippen molar-refractivity contribution in [3.63, 3.8) is 0 Å². The van der Waals surface area contributed by atoms with E-state index in [4.69, 9.17) is 23.8 Å². The van der Waals surface area contributed by atoms with E-state index in [2.05, 4.69) is 0 Å². The number of anilines is 1. The molecule has 0 amide bonds. The summed E-state index contributed by atoms with van der Waals surface area (Å²) in [5, 5.41) is 7.21. The van der Waals surface area contributed by atoms with Gasteiger partial charge in [0.2, 0.25) is 0 Å². The molecule has 14 heteroatoms. The smallest absolute Gasteiger partial charge is 0.426 e. The third-order valence-electron chi connectivity index (χ3n) is 12.4. The van der Waals surface area contributed by atoms with Crippen LogP contribution in [0.1, 0.15) is 16.7 Å². The Kier molecular flexibility index (Phi) is 15.1. The number of benzene rings is 11. The van der Waals surface area contributed by atoms with E-state index in [0.717, 1.165) is 54.2 Å². The van der Waals surface area contributed by atoms with E-state index in [1.54, 1.807) is 66.7 Å². The van der Waals surface area contributed by atoms with Crippen molar-refractivity contribution in [2.45, 2.75) is 30.2 Å². The van der Waals surface area contributed by atoms with Crippen LogP contribution in [0, 0.1) is 13.8 Å². The maximum Gasteiger partial charge on any atom is 0.426 e. The van der Waals surface area contributed by atoms with Gasteiger partial charge in [-0.15, -0.1) is 4.08 Å². The lowest BCUT2D eigenvalue weighted by molar-refractivity contribution is 0.421. The molecule has 374 valence electrons. The third kappa shape index (κ3) is 11.3. The van der Waals surface area contributed by atoms with Gasteiger partial charge < -0.3 is 23.8 Å². The number of sulfonamides is 1. The first-order valence-electron chi connectivity index (χ1n) is 23.9.